The van der Waals surface area contributed by atoms with Gasteiger partial charge in [0.1, 0.15) is 12.2 Å². The lowest BCUT2D eigenvalue weighted by Crippen LogP contribution is -2.28. The van der Waals surface area contributed by atoms with Crippen LogP contribution in [0, 0.1) is 0 Å². The first kappa shape index (κ1) is 48.9. The third-order valence-corrected chi connectivity index (χ3v) is 8.95. The Labute approximate surface area is 309 Å². The van der Waals surface area contributed by atoms with Crippen LogP contribution in [0.25, 0.3) is 0 Å². The lowest BCUT2D eigenvalue weighted by atomic mass is 10.1. The van der Waals surface area contributed by atoms with Crippen LogP contribution >= 0.6 is 7.82 Å². The maximum atomic E-state index is 12.3. The second-order valence-corrected chi connectivity index (χ2v) is 14.4. The number of rotatable bonds is 36. The molecule has 0 heterocycles. The van der Waals surface area contributed by atoms with Crippen LogP contribution in [-0.4, -0.2) is 65.7 Å². The van der Waals surface area contributed by atoms with Gasteiger partial charge in [-0.05, 0) is 70.6 Å². The molecule has 3 N–H and O–H groups in total. The Hall–Kier alpha value is -2.07. The Morgan fingerprint density at radius 2 is 0.902 bits per heavy atom. The summed E-state index contributed by atoms with van der Waals surface area (Å²) in [6.45, 7) is 2.06. The summed E-state index contributed by atoms with van der Waals surface area (Å²) in [5.41, 5.74) is 0. The molecule has 0 amide bonds. The molecule has 11 heteroatoms. The Morgan fingerprint density at radius 1 is 0.529 bits per heavy atom. The number of unbranched alkanes of at least 4 members (excludes halogenated alkanes) is 14. The molecule has 10 nitrogen and oxygen atoms in total. The molecule has 0 rings (SSSR count). The van der Waals surface area contributed by atoms with E-state index in [4.69, 9.17) is 18.5 Å². The molecule has 0 saturated heterocycles. The molecule has 0 fully saturated rings. The van der Waals surface area contributed by atoms with Crippen molar-refractivity contribution in [3.63, 3.8) is 0 Å². The molecule has 51 heavy (non-hydrogen) atoms. The van der Waals surface area contributed by atoms with Crippen LogP contribution < -0.4 is 0 Å². The number of aliphatic hydroxyl groups excluding tert-OH is 2. The summed E-state index contributed by atoms with van der Waals surface area (Å²) in [5.74, 6) is -1.05. The summed E-state index contributed by atoms with van der Waals surface area (Å²) >= 11 is 0. The van der Waals surface area contributed by atoms with Crippen LogP contribution in [0.4, 0.5) is 0 Å². The largest absolute Gasteiger partial charge is 0.472 e. The van der Waals surface area contributed by atoms with Crippen molar-refractivity contribution in [2.75, 3.05) is 26.4 Å². The number of phosphoric acid groups is 1. The molecule has 3 atom stereocenters. The van der Waals surface area contributed by atoms with Crippen LogP contribution in [0.2, 0.25) is 0 Å². The lowest BCUT2D eigenvalue weighted by Gasteiger charge is -2.20. The van der Waals surface area contributed by atoms with E-state index in [1.165, 1.54) is 25.7 Å². The van der Waals surface area contributed by atoms with Gasteiger partial charge in [-0.25, -0.2) is 4.57 Å². The topological polar surface area (TPSA) is 149 Å². The number of esters is 2. The quantitative estimate of drug-likeness (QED) is 0.0245. The van der Waals surface area contributed by atoms with Gasteiger partial charge >= 0.3 is 19.8 Å². The summed E-state index contributed by atoms with van der Waals surface area (Å²) in [6.07, 6.45) is 36.5. The molecule has 0 aliphatic rings. The van der Waals surface area contributed by atoms with Crippen molar-refractivity contribution in [3.8, 4) is 0 Å². The molecule has 0 bridgehead atoms. The molecule has 0 aliphatic carbocycles. The molecule has 0 aliphatic heterocycles. The number of hydrogen-bond acceptors (Lipinski definition) is 9. The Bertz CT molecular complexity index is 994. The summed E-state index contributed by atoms with van der Waals surface area (Å²) in [5, 5.41) is 19.1. The number of ether oxygens (including phenoxy) is 2. The van der Waals surface area contributed by atoms with Gasteiger partial charge in [-0.2, -0.15) is 0 Å². The van der Waals surface area contributed by atoms with Crippen LogP contribution in [0.15, 0.2) is 48.6 Å². The number of allylic oxidation sites excluding steroid dienone is 8. The minimum Gasteiger partial charge on any atom is -0.457 e. The molecule has 296 valence electrons. The van der Waals surface area contributed by atoms with E-state index in [1.807, 2.05) is 0 Å². The molecule has 0 aromatic rings. The molecular weight excluding hydrogens is 671 g/mol. The van der Waals surface area contributed by atoms with E-state index in [2.05, 4.69) is 62.5 Å². The van der Waals surface area contributed by atoms with Crippen molar-refractivity contribution in [1.29, 1.82) is 0 Å². The second-order valence-electron chi connectivity index (χ2n) is 12.9. The van der Waals surface area contributed by atoms with Crippen molar-refractivity contribution in [2.45, 2.75) is 167 Å². The fraction of sp³-hybridized carbons (Fsp3) is 0.750. The van der Waals surface area contributed by atoms with E-state index in [0.29, 0.717) is 12.8 Å². The number of phosphoric ester groups is 1. The average molecular weight is 743 g/mol. The van der Waals surface area contributed by atoms with Gasteiger partial charge in [0.2, 0.25) is 0 Å². The van der Waals surface area contributed by atoms with E-state index < -0.39 is 58.4 Å². The highest BCUT2D eigenvalue weighted by atomic mass is 31.2. The highest BCUT2D eigenvalue weighted by molar-refractivity contribution is 7.47. The summed E-state index contributed by atoms with van der Waals surface area (Å²) in [6, 6.07) is 0. The van der Waals surface area contributed by atoms with E-state index in [0.717, 1.165) is 89.9 Å². The van der Waals surface area contributed by atoms with E-state index in [-0.39, 0.29) is 12.8 Å². The SMILES string of the molecule is CCC/C=C\C/C=C\CCCCCCCC(=O)OC(CO)COP(=O)(O)OCC(CO)OC(=O)CCCCCCC/C=C\C/C=C\CCCCC. The van der Waals surface area contributed by atoms with Crippen molar-refractivity contribution < 1.29 is 47.8 Å². The van der Waals surface area contributed by atoms with Gasteiger partial charge in [-0.1, -0.05) is 120 Å². The van der Waals surface area contributed by atoms with Crippen molar-refractivity contribution >= 4 is 19.8 Å². The first-order valence-corrected chi connectivity index (χ1v) is 21.1. The predicted octanol–water partition coefficient (Wildman–Crippen LogP) is 9.78. The minimum atomic E-state index is -4.64. The molecule has 3 unspecified atom stereocenters. The van der Waals surface area contributed by atoms with Gasteiger partial charge < -0.3 is 24.6 Å². The molecule has 0 spiro atoms. The van der Waals surface area contributed by atoms with Gasteiger partial charge in [0.15, 0.2) is 0 Å². The molecule has 0 saturated carbocycles. The number of carbonyl (C=O) groups excluding carboxylic acids is 2. The van der Waals surface area contributed by atoms with Crippen molar-refractivity contribution in [1.82, 2.24) is 0 Å². The van der Waals surface area contributed by atoms with Gasteiger partial charge in [-0.15, -0.1) is 0 Å². The fourth-order valence-electron chi connectivity index (χ4n) is 4.95. The third-order valence-electron chi connectivity index (χ3n) is 7.99. The Balaban J connectivity index is 4.02. The predicted molar refractivity (Wildman–Crippen MR) is 205 cm³/mol. The fourth-order valence-corrected chi connectivity index (χ4v) is 5.73. The molecule has 0 aromatic heterocycles. The monoisotopic (exact) mass is 742 g/mol. The summed E-state index contributed by atoms with van der Waals surface area (Å²) in [4.78, 5) is 34.4. The first-order valence-electron chi connectivity index (χ1n) is 19.6. The standard InChI is InChI=1S/C40H71O10P/c1-3-5-7-9-11-13-15-17-18-20-22-24-26-28-30-32-40(44)50-38(34-42)36-48-51(45,46)47-35-37(33-41)49-39(43)31-29-27-25-23-21-19-16-14-12-10-8-6-4-2/h8,10-11,13-14,16-18,37-38,41-42H,3-7,9,12,15,19-36H2,1-2H3,(H,45,46)/b10-8-,13-11-,16-14-,18-17-. The Morgan fingerprint density at radius 3 is 1.29 bits per heavy atom. The van der Waals surface area contributed by atoms with Crippen molar-refractivity contribution in [2.24, 2.45) is 0 Å². The number of carbonyl (C=O) groups is 2. The maximum Gasteiger partial charge on any atom is 0.472 e. The number of aliphatic hydroxyl groups is 2. The highest BCUT2D eigenvalue weighted by Gasteiger charge is 2.27. The smallest absolute Gasteiger partial charge is 0.457 e. The summed E-state index contributed by atoms with van der Waals surface area (Å²) in [7, 11) is -4.64. The van der Waals surface area contributed by atoms with E-state index in [9.17, 15) is 29.3 Å². The van der Waals surface area contributed by atoms with E-state index in [1.54, 1.807) is 0 Å². The zero-order valence-corrected chi connectivity index (χ0v) is 32.7. The van der Waals surface area contributed by atoms with Crippen molar-refractivity contribution in [3.05, 3.63) is 48.6 Å². The van der Waals surface area contributed by atoms with E-state index >= 15 is 0 Å². The Kier molecular flexibility index (Phi) is 34.8. The van der Waals surface area contributed by atoms with Crippen LogP contribution in [0.5, 0.6) is 0 Å². The van der Waals surface area contributed by atoms with Gasteiger partial charge in [-0.3, -0.25) is 18.6 Å². The second kappa shape index (κ2) is 36.3. The lowest BCUT2D eigenvalue weighted by molar-refractivity contribution is -0.153. The first-order chi connectivity index (χ1) is 24.8. The van der Waals surface area contributed by atoms with Crippen LogP contribution in [0.1, 0.15) is 155 Å². The van der Waals surface area contributed by atoms with Gasteiger partial charge in [0.25, 0.3) is 0 Å². The van der Waals surface area contributed by atoms with Gasteiger partial charge in [0, 0.05) is 12.8 Å². The third kappa shape index (κ3) is 34.8. The average Bonchev–Trinajstić information content (AvgIpc) is 3.12. The normalized spacial score (nSPS) is 14.5. The summed E-state index contributed by atoms with van der Waals surface area (Å²) < 4.78 is 32.4. The zero-order chi connectivity index (χ0) is 37.7. The van der Waals surface area contributed by atoms with Crippen LogP contribution in [0.3, 0.4) is 0 Å². The molecule has 0 radical (unpaired) electrons. The van der Waals surface area contributed by atoms with Gasteiger partial charge in [0.05, 0.1) is 26.4 Å². The zero-order valence-electron chi connectivity index (χ0n) is 31.8. The van der Waals surface area contributed by atoms with Crippen LogP contribution in [-0.2, 0) is 32.7 Å². The maximum absolute atomic E-state index is 12.3. The number of hydrogen-bond donors (Lipinski definition) is 3. The highest BCUT2D eigenvalue weighted by Crippen LogP contribution is 2.43. The molecular formula is C40H71O10P. The molecule has 0 aromatic carbocycles. The minimum absolute atomic E-state index is 0.173.